The first-order valence-electron chi connectivity index (χ1n) is 27.8. The predicted octanol–water partition coefficient (Wildman–Crippen LogP) is 22.1. The number of nitrogens with one attached hydrogen (secondary N) is 1. The van der Waals surface area contributed by atoms with Gasteiger partial charge in [-0.3, -0.25) is 0 Å². The molecule has 0 radical (unpaired) electrons. The summed E-state index contributed by atoms with van der Waals surface area (Å²) >= 11 is 0. The fourth-order valence-electron chi connectivity index (χ4n) is 10.4. The second-order valence-corrected chi connectivity index (χ2v) is 20.8. The van der Waals surface area contributed by atoms with Crippen molar-refractivity contribution in [3.63, 3.8) is 0 Å². The fourth-order valence-corrected chi connectivity index (χ4v) is 10.4. The van der Waals surface area contributed by atoms with E-state index in [1.54, 1.807) is 0 Å². The van der Waals surface area contributed by atoms with E-state index in [2.05, 4.69) is 340 Å². The zero-order chi connectivity index (χ0) is 55.5. The van der Waals surface area contributed by atoms with Gasteiger partial charge in [0.15, 0.2) is 0 Å². The van der Waals surface area contributed by atoms with E-state index in [-0.39, 0.29) is 0 Å². The van der Waals surface area contributed by atoms with Crippen molar-refractivity contribution in [3.05, 3.63) is 331 Å². The molecule has 0 aromatic heterocycles. The first-order chi connectivity index (χ1) is 39.7. The van der Waals surface area contributed by atoms with Crippen molar-refractivity contribution < 1.29 is 0 Å². The predicted molar refractivity (Wildman–Crippen MR) is 347 cm³/mol. The molecular weight excluding hydrogens is 981 g/mol. The van der Waals surface area contributed by atoms with E-state index in [0.29, 0.717) is 0 Å². The zero-order valence-electron chi connectivity index (χ0n) is 46.7. The molecule has 0 heterocycles. The molecule has 1 N–H and O–H groups in total. The lowest BCUT2D eigenvalue weighted by Gasteiger charge is -2.26. The van der Waals surface area contributed by atoms with Crippen molar-refractivity contribution >= 4 is 62.6 Å². The van der Waals surface area contributed by atoms with Gasteiger partial charge >= 0.3 is 0 Å². The number of para-hydroxylation sites is 2. The Morgan fingerprint density at radius 3 is 0.728 bits per heavy atom. The maximum Gasteiger partial charge on any atom is 0.0464 e. The van der Waals surface area contributed by atoms with E-state index in [1.165, 1.54) is 61.2 Å². The van der Waals surface area contributed by atoms with Crippen LogP contribution in [0.25, 0.3) is 33.4 Å². The van der Waals surface area contributed by atoms with Gasteiger partial charge in [-0.2, -0.15) is 0 Å². The summed E-state index contributed by atoms with van der Waals surface area (Å²) in [6, 6.07) is 108. The van der Waals surface area contributed by atoms with Gasteiger partial charge in [-0.25, -0.2) is 0 Å². The van der Waals surface area contributed by atoms with E-state index < -0.39 is 0 Å². The van der Waals surface area contributed by atoms with E-state index in [1.807, 2.05) is 18.2 Å². The summed E-state index contributed by atoms with van der Waals surface area (Å²) in [5.74, 6) is 0. The monoisotopic (exact) mass is 1050 g/mol. The Labute approximate surface area is 479 Å². The maximum absolute atomic E-state index is 3.45. The highest BCUT2D eigenvalue weighted by Crippen LogP contribution is 2.40. The molecule has 81 heavy (non-hydrogen) atoms. The molecule has 0 saturated heterocycles. The number of hydrogen-bond acceptors (Lipinski definition) is 4. The molecule has 12 aromatic rings. The van der Waals surface area contributed by atoms with Crippen molar-refractivity contribution in [2.75, 3.05) is 20.0 Å². The Hall–Kier alpha value is -10.2. The second-order valence-electron chi connectivity index (χ2n) is 20.8. The smallest absolute Gasteiger partial charge is 0.0464 e. The van der Waals surface area contributed by atoms with Crippen molar-refractivity contribution in [1.82, 2.24) is 0 Å². The lowest BCUT2D eigenvalue weighted by Crippen LogP contribution is -2.10. The number of rotatable bonds is 14. The molecule has 0 spiro atoms. The average molecular weight is 1050 g/mol. The molecule has 0 aliphatic heterocycles. The molecule has 394 valence electrons. The van der Waals surface area contributed by atoms with Crippen molar-refractivity contribution in [3.8, 4) is 33.4 Å². The average Bonchev–Trinajstić information content (AvgIpc) is 3.51. The lowest BCUT2D eigenvalue weighted by molar-refractivity contribution is 1.26. The molecule has 0 bridgehead atoms. The number of aryl methyl sites for hydroxylation is 5. The molecule has 0 aliphatic rings. The standard InChI is InChI=1S/C45H38N2.C32H28N2/c1-33-15-17-36(18-16-33)37-19-25-41(26-20-37)46(40-11-5-4-6-12-40)42-27-21-38(22-28-42)39-23-29-43(30-24-39)47(44-13-7-9-34(2)31-44)45-14-8-10-35(3)32-45;1-24-8-6-12-31(22-24)34(32-13-7-9-25(2)23-32)30-20-16-27(17-21-30)26-14-18-29(19-15-26)33-28-10-4-3-5-11-28/h4-32H,1-3H3;3-23,33H,1-2H3. The molecule has 4 nitrogen and oxygen atoms in total. The number of benzene rings is 12. The van der Waals surface area contributed by atoms with Gasteiger partial charge in [-0.05, 0) is 224 Å². The van der Waals surface area contributed by atoms with Crippen LogP contribution in [-0.2, 0) is 0 Å². The minimum absolute atomic E-state index is 1.08. The van der Waals surface area contributed by atoms with E-state index in [0.717, 1.165) is 62.6 Å². The molecule has 0 aliphatic carbocycles. The highest BCUT2D eigenvalue weighted by molar-refractivity contribution is 5.83. The lowest BCUT2D eigenvalue weighted by atomic mass is 10.0. The maximum atomic E-state index is 3.45. The highest BCUT2D eigenvalue weighted by Gasteiger charge is 2.17. The van der Waals surface area contributed by atoms with Crippen LogP contribution in [0.5, 0.6) is 0 Å². The normalized spacial score (nSPS) is 10.8. The Morgan fingerprint density at radius 2 is 0.420 bits per heavy atom. The summed E-state index contributed by atoms with van der Waals surface area (Å²) in [7, 11) is 0. The van der Waals surface area contributed by atoms with Gasteiger partial charge in [-0.1, -0.05) is 175 Å². The van der Waals surface area contributed by atoms with Crippen LogP contribution in [0, 0.1) is 34.6 Å². The van der Waals surface area contributed by atoms with Gasteiger partial charge in [0, 0.05) is 62.6 Å². The first-order valence-corrected chi connectivity index (χ1v) is 27.8. The molecule has 0 atom stereocenters. The van der Waals surface area contributed by atoms with Gasteiger partial charge in [0.05, 0.1) is 0 Å². The molecule has 12 aromatic carbocycles. The third kappa shape index (κ3) is 12.9. The van der Waals surface area contributed by atoms with Crippen molar-refractivity contribution in [2.24, 2.45) is 0 Å². The first kappa shape index (κ1) is 52.9. The van der Waals surface area contributed by atoms with Crippen LogP contribution in [0.15, 0.2) is 303 Å². The van der Waals surface area contributed by atoms with Gasteiger partial charge in [0.1, 0.15) is 0 Å². The molecule has 0 unspecified atom stereocenters. The van der Waals surface area contributed by atoms with Crippen molar-refractivity contribution in [2.45, 2.75) is 34.6 Å². The molecule has 0 fully saturated rings. The van der Waals surface area contributed by atoms with Crippen molar-refractivity contribution in [1.29, 1.82) is 0 Å². The van der Waals surface area contributed by atoms with E-state index >= 15 is 0 Å². The molecule has 0 saturated carbocycles. The van der Waals surface area contributed by atoms with Crippen LogP contribution in [0.3, 0.4) is 0 Å². The van der Waals surface area contributed by atoms with Crippen LogP contribution < -0.4 is 20.0 Å². The van der Waals surface area contributed by atoms with Crippen LogP contribution in [0.2, 0.25) is 0 Å². The van der Waals surface area contributed by atoms with Crippen LogP contribution >= 0.6 is 0 Å². The molecule has 0 amide bonds. The zero-order valence-corrected chi connectivity index (χ0v) is 46.7. The minimum atomic E-state index is 1.08. The minimum Gasteiger partial charge on any atom is -0.356 e. The SMILES string of the molecule is Cc1ccc(-c2ccc(N(c3ccccc3)c3ccc(-c4ccc(N(c5cccc(C)c5)c5cccc(C)c5)cc4)cc3)cc2)cc1.Cc1cccc(N(c2ccc(-c3ccc(Nc4ccccc4)cc3)cc2)c2cccc(C)c2)c1. The number of nitrogens with zero attached hydrogens (tertiary/aromatic N) is 3. The van der Waals surface area contributed by atoms with Gasteiger partial charge in [0.25, 0.3) is 0 Å². The highest BCUT2D eigenvalue weighted by atomic mass is 15.2. The van der Waals surface area contributed by atoms with Crippen LogP contribution in [-0.4, -0.2) is 0 Å². The molecule has 4 heteroatoms. The Balaban J connectivity index is 0.000000180. The van der Waals surface area contributed by atoms with E-state index in [4.69, 9.17) is 0 Å². The Morgan fingerprint density at radius 1 is 0.185 bits per heavy atom. The Kier molecular flexibility index (Phi) is 16.1. The third-order valence-electron chi connectivity index (χ3n) is 14.6. The van der Waals surface area contributed by atoms with Crippen LogP contribution in [0.1, 0.15) is 27.8 Å². The quantitative estimate of drug-likeness (QED) is 0.117. The fraction of sp³-hybridized carbons (Fsp3) is 0.0649. The summed E-state index contributed by atoms with van der Waals surface area (Å²) in [5, 5.41) is 3.45. The second kappa shape index (κ2) is 24.7. The number of anilines is 11. The van der Waals surface area contributed by atoms with Crippen LogP contribution in [0.4, 0.5) is 62.6 Å². The topological polar surface area (TPSA) is 21.8 Å². The summed E-state index contributed by atoms with van der Waals surface area (Å²) < 4.78 is 0. The van der Waals surface area contributed by atoms with Gasteiger partial charge in [0.2, 0.25) is 0 Å². The summed E-state index contributed by atoms with van der Waals surface area (Å²) in [6.45, 7) is 10.7. The van der Waals surface area contributed by atoms with Gasteiger partial charge < -0.3 is 20.0 Å². The molecule has 12 rings (SSSR count). The molecular formula is C77H66N4. The third-order valence-corrected chi connectivity index (χ3v) is 14.6. The summed E-state index contributed by atoms with van der Waals surface area (Å²) in [4.78, 5) is 6.96. The van der Waals surface area contributed by atoms with Gasteiger partial charge in [-0.15, -0.1) is 0 Å². The Bertz CT molecular complexity index is 3880. The summed E-state index contributed by atoms with van der Waals surface area (Å²) in [6.07, 6.45) is 0. The summed E-state index contributed by atoms with van der Waals surface area (Å²) in [5.41, 5.74) is 25.9. The van der Waals surface area contributed by atoms with E-state index in [9.17, 15) is 0 Å². The largest absolute Gasteiger partial charge is 0.356 e. The number of hydrogen-bond donors (Lipinski definition) is 1.